The third kappa shape index (κ3) is 3.53. The van der Waals surface area contributed by atoms with Crippen LogP contribution in [0.25, 0.3) is 0 Å². The number of benzene rings is 3. The van der Waals surface area contributed by atoms with E-state index in [0.717, 1.165) is 0 Å². The number of halogens is 1. The van der Waals surface area contributed by atoms with Gasteiger partial charge in [-0.25, -0.2) is 0 Å². The molecule has 0 atom stereocenters. The first kappa shape index (κ1) is 16.0. The fourth-order valence-corrected chi connectivity index (χ4v) is 2.55. The van der Waals surface area contributed by atoms with Crippen LogP contribution < -0.4 is 5.32 Å². The molecule has 0 heterocycles. The van der Waals surface area contributed by atoms with Crippen molar-refractivity contribution in [3.63, 3.8) is 0 Å². The molecule has 118 valence electrons. The van der Waals surface area contributed by atoms with Crippen molar-refractivity contribution in [2.24, 2.45) is 0 Å². The maximum Gasteiger partial charge on any atom is 0.255 e. The summed E-state index contributed by atoms with van der Waals surface area (Å²) in [5.74, 6) is -0.455. The Morgan fingerprint density at radius 3 is 2.17 bits per heavy atom. The van der Waals surface area contributed by atoms with Gasteiger partial charge in [-0.2, -0.15) is 0 Å². The molecule has 3 rings (SSSR count). The molecule has 4 heteroatoms. The van der Waals surface area contributed by atoms with Crippen molar-refractivity contribution in [1.29, 1.82) is 0 Å². The van der Waals surface area contributed by atoms with Crippen LogP contribution >= 0.6 is 11.6 Å². The zero-order valence-corrected chi connectivity index (χ0v) is 13.5. The number of carbonyl (C=O) groups is 2. The van der Waals surface area contributed by atoms with Crippen LogP contribution in [0.2, 0.25) is 5.02 Å². The Hall–Kier alpha value is -2.91. The number of ketones is 1. The number of carbonyl (C=O) groups excluding carboxylic acids is 2. The molecule has 3 nitrogen and oxygen atoms in total. The van der Waals surface area contributed by atoms with Gasteiger partial charge in [0.05, 0.1) is 5.69 Å². The molecule has 0 fully saturated rings. The lowest BCUT2D eigenvalue weighted by atomic mass is 10.0. The molecule has 0 radical (unpaired) electrons. The van der Waals surface area contributed by atoms with E-state index in [2.05, 4.69) is 5.32 Å². The maximum absolute atomic E-state index is 12.7. The van der Waals surface area contributed by atoms with E-state index >= 15 is 0 Å². The monoisotopic (exact) mass is 335 g/mol. The maximum atomic E-state index is 12.7. The zero-order valence-electron chi connectivity index (χ0n) is 12.7. The minimum Gasteiger partial charge on any atom is -0.321 e. The van der Waals surface area contributed by atoms with E-state index in [-0.39, 0.29) is 11.7 Å². The van der Waals surface area contributed by atoms with Crippen molar-refractivity contribution in [3.05, 3.63) is 101 Å². The van der Waals surface area contributed by atoms with E-state index in [9.17, 15) is 9.59 Å². The van der Waals surface area contributed by atoms with Gasteiger partial charge in [0.1, 0.15) is 0 Å². The van der Waals surface area contributed by atoms with E-state index in [1.54, 1.807) is 72.8 Å². The van der Waals surface area contributed by atoms with Crippen molar-refractivity contribution >= 4 is 29.0 Å². The average molecular weight is 336 g/mol. The molecule has 1 N–H and O–H groups in total. The predicted octanol–water partition coefficient (Wildman–Crippen LogP) is 4.82. The predicted molar refractivity (Wildman–Crippen MR) is 95.7 cm³/mol. The largest absolute Gasteiger partial charge is 0.321 e. The van der Waals surface area contributed by atoms with E-state index in [4.69, 9.17) is 11.6 Å². The van der Waals surface area contributed by atoms with Crippen LogP contribution in [-0.4, -0.2) is 11.7 Å². The molecular formula is C20H14ClNO2. The quantitative estimate of drug-likeness (QED) is 0.694. The van der Waals surface area contributed by atoms with Crippen LogP contribution in [0.5, 0.6) is 0 Å². The second kappa shape index (κ2) is 7.11. The van der Waals surface area contributed by atoms with Gasteiger partial charge in [-0.05, 0) is 30.3 Å². The summed E-state index contributed by atoms with van der Waals surface area (Å²) in [4.78, 5) is 25.1. The summed E-state index contributed by atoms with van der Waals surface area (Å²) in [5, 5.41) is 3.27. The molecule has 0 aliphatic carbocycles. The van der Waals surface area contributed by atoms with Gasteiger partial charge in [0.2, 0.25) is 0 Å². The van der Waals surface area contributed by atoms with Crippen LogP contribution in [0, 0.1) is 0 Å². The molecule has 1 amide bonds. The molecule has 3 aromatic rings. The third-order valence-corrected chi connectivity index (χ3v) is 3.78. The Balaban J connectivity index is 1.90. The highest BCUT2D eigenvalue weighted by Crippen LogP contribution is 2.20. The second-order valence-electron chi connectivity index (χ2n) is 5.21. The summed E-state index contributed by atoms with van der Waals surface area (Å²) in [5.41, 5.74) is 1.92. The third-order valence-electron chi connectivity index (χ3n) is 3.54. The minimum absolute atomic E-state index is 0.141. The van der Waals surface area contributed by atoms with Gasteiger partial charge in [-0.1, -0.05) is 60.1 Å². The standard InChI is InChI=1S/C20H14ClNO2/c21-16-10-6-9-15(13-16)20(24)22-18-12-5-4-11-17(18)19(23)14-7-2-1-3-8-14/h1-13H,(H,22,24). The molecule has 0 spiro atoms. The van der Waals surface area contributed by atoms with Crippen molar-refractivity contribution < 1.29 is 9.59 Å². The summed E-state index contributed by atoms with van der Waals surface area (Å²) in [7, 11) is 0. The van der Waals surface area contributed by atoms with Crippen LogP contribution in [-0.2, 0) is 0 Å². The molecule has 0 bridgehead atoms. The smallest absolute Gasteiger partial charge is 0.255 e. The number of anilines is 1. The summed E-state index contributed by atoms with van der Waals surface area (Å²) in [6, 6.07) is 22.6. The molecule has 0 aliphatic rings. The topological polar surface area (TPSA) is 46.2 Å². The van der Waals surface area contributed by atoms with Gasteiger partial charge in [0.15, 0.2) is 5.78 Å². The number of nitrogens with one attached hydrogen (secondary N) is 1. The van der Waals surface area contributed by atoms with Gasteiger partial charge in [-0.3, -0.25) is 9.59 Å². The Bertz CT molecular complexity index is 891. The molecule has 0 saturated carbocycles. The van der Waals surface area contributed by atoms with Gasteiger partial charge in [0, 0.05) is 21.7 Å². The summed E-state index contributed by atoms with van der Waals surface area (Å²) in [6.45, 7) is 0. The van der Waals surface area contributed by atoms with E-state index in [1.165, 1.54) is 0 Å². The number of rotatable bonds is 4. The average Bonchev–Trinajstić information content (AvgIpc) is 2.62. The van der Waals surface area contributed by atoms with Crippen molar-refractivity contribution in [2.75, 3.05) is 5.32 Å². The van der Waals surface area contributed by atoms with Gasteiger partial charge < -0.3 is 5.32 Å². The first-order chi connectivity index (χ1) is 11.6. The zero-order chi connectivity index (χ0) is 16.9. The van der Waals surface area contributed by atoms with Crippen LogP contribution in [0.3, 0.4) is 0 Å². The molecule has 24 heavy (non-hydrogen) atoms. The molecular weight excluding hydrogens is 322 g/mol. The molecule has 0 aromatic heterocycles. The first-order valence-corrected chi connectivity index (χ1v) is 7.78. The molecule has 0 unspecified atom stereocenters. The lowest BCUT2D eigenvalue weighted by molar-refractivity contribution is 0.102. The van der Waals surface area contributed by atoms with Crippen LogP contribution in [0.1, 0.15) is 26.3 Å². The first-order valence-electron chi connectivity index (χ1n) is 7.41. The molecule has 0 aliphatic heterocycles. The Morgan fingerprint density at radius 1 is 0.750 bits per heavy atom. The minimum atomic E-state index is -0.314. The summed E-state index contributed by atoms with van der Waals surface area (Å²) < 4.78 is 0. The normalized spacial score (nSPS) is 10.2. The van der Waals surface area contributed by atoms with Gasteiger partial charge >= 0.3 is 0 Å². The van der Waals surface area contributed by atoms with Gasteiger partial charge in [-0.15, -0.1) is 0 Å². The SMILES string of the molecule is O=C(Nc1ccccc1C(=O)c1ccccc1)c1cccc(Cl)c1. The lowest BCUT2D eigenvalue weighted by Crippen LogP contribution is -2.15. The van der Waals surface area contributed by atoms with Crippen molar-refractivity contribution in [3.8, 4) is 0 Å². The fraction of sp³-hybridized carbons (Fsp3) is 0. The van der Waals surface area contributed by atoms with Crippen molar-refractivity contribution in [2.45, 2.75) is 0 Å². The fourth-order valence-electron chi connectivity index (χ4n) is 2.36. The highest BCUT2D eigenvalue weighted by atomic mass is 35.5. The van der Waals surface area contributed by atoms with E-state index in [0.29, 0.717) is 27.4 Å². The number of para-hydroxylation sites is 1. The van der Waals surface area contributed by atoms with Crippen LogP contribution in [0.15, 0.2) is 78.9 Å². The Kier molecular flexibility index (Phi) is 4.73. The summed E-state index contributed by atoms with van der Waals surface area (Å²) >= 11 is 5.92. The van der Waals surface area contributed by atoms with Gasteiger partial charge in [0.25, 0.3) is 5.91 Å². The highest BCUT2D eigenvalue weighted by Gasteiger charge is 2.15. The Labute approximate surface area is 144 Å². The second-order valence-corrected chi connectivity index (χ2v) is 5.64. The van der Waals surface area contributed by atoms with E-state index < -0.39 is 0 Å². The lowest BCUT2D eigenvalue weighted by Gasteiger charge is -2.10. The molecule has 0 saturated heterocycles. The van der Waals surface area contributed by atoms with E-state index in [1.807, 2.05) is 6.07 Å². The number of amides is 1. The number of hydrogen-bond acceptors (Lipinski definition) is 2. The number of hydrogen-bond donors (Lipinski definition) is 1. The Morgan fingerprint density at radius 2 is 1.42 bits per heavy atom. The van der Waals surface area contributed by atoms with Crippen molar-refractivity contribution in [1.82, 2.24) is 0 Å². The highest BCUT2D eigenvalue weighted by molar-refractivity contribution is 6.31. The van der Waals surface area contributed by atoms with Crippen LogP contribution in [0.4, 0.5) is 5.69 Å². The molecule has 3 aromatic carbocycles. The summed E-state index contributed by atoms with van der Waals surface area (Å²) in [6.07, 6.45) is 0.